The maximum atomic E-state index is 12.9. The fourth-order valence-corrected chi connectivity index (χ4v) is 2.81. The normalized spacial score (nSPS) is 20.3. The summed E-state index contributed by atoms with van der Waals surface area (Å²) in [6.45, 7) is 0.710. The Labute approximate surface area is 123 Å². The highest BCUT2D eigenvalue weighted by Crippen LogP contribution is 2.38. The van der Waals surface area contributed by atoms with Crippen molar-refractivity contribution in [2.24, 2.45) is 5.92 Å². The molecule has 0 spiro atoms. The van der Waals surface area contributed by atoms with Crippen molar-refractivity contribution in [2.45, 2.75) is 25.3 Å². The molecule has 108 valence electrons. The Balaban J connectivity index is 1.54. The minimum absolute atomic E-state index is 0.204. The van der Waals surface area contributed by atoms with Crippen LogP contribution in [-0.4, -0.2) is 17.6 Å². The second-order valence-corrected chi connectivity index (χ2v) is 5.90. The molecule has 0 unspecified atom stereocenters. The molecule has 4 rings (SSSR count). The van der Waals surface area contributed by atoms with Crippen LogP contribution in [0.25, 0.3) is 0 Å². The summed E-state index contributed by atoms with van der Waals surface area (Å²) in [7, 11) is 0. The first-order valence-corrected chi connectivity index (χ1v) is 7.40. The van der Waals surface area contributed by atoms with Crippen LogP contribution >= 0.6 is 0 Å². The number of nitrogens with zero attached hydrogens (tertiary/aromatic N) is 1. The van der Waals surface area contributed by atoms with E-state index in [0.717, 1.165) is 29.2 Å². The molecule has 2 heterocycles. The Morgan fingerprint density at radius 2 is 2.00 bits per heavy atom. The molecule has 0 bridgehead atoms. The SMILES string of the molecule is Fc1ccc(Cc2cnc3c(c2)N[C@@H](C2CC2)CO3)cc1. The zero-order valence-corrected chi connectivity index (χ0v) is 11.7. The van der Waals surface area contributed by atoms with Crippen LogP contribution in [0.5, 0.6) is 5.88 Å². The van der Waals surface area contributed by atoms with E-state index in [1.54, 1.807) is 0 Å². The van der Waals surface area contributed by atoms with Gasteiger partial charge in [-0.2, -0.15) is 0 Å². The van der Waals surface area contributed by atoms with Gasteiger partial charge in [-0.05, 0) is 54.5 Å². The van der Waals surface area contributed by atoms with Gasteiger partial charge in [-0.25, -0.2) is 9.37 Å². The highest BCUT2D eigenvalue weighted by atomic mass is 19.1. The molecule has 1 aliphatic heterocycles. The van der Waals surface area contributed by atoms with Gasteiger partial charge in [-0.3, -0.25) is 0 Å². The van der Waals surface area contributed by atoms with Crippen LogP contribution in [0.15, 0.2) is 36.5 Å². The van der Waals surface area contributed by atoms with Gasteiger partial charge in [0.05, 0.1) is 11.7 Å². The molecule has 2 aromatic rings. The van der Waals surface area contributed by atoms with E-state index in [-0.39, 0.29) is 5.82 Å². The summed E-state index contributed by atoms with van der Waals surface area (Å²) in [6.07, 6.45) is 5.16. The number of benzene rings is 1. The largest absolute Gasteiger partial charge is 0.474 e. The summed E-state index contributed by atoms with van der Waals surface area (Å²) in [4.78, 5) is 4.39. The average Bonchev–Trinajstić information content (AvgIpc) is 3.34. The van der Waals surface area contributed by atoms with Crippen LogP contribution in [0, 0.1) is 11.7 Å². The molecule has 1 aliphatic carbocycles. The summed E-state index contributed by atoms with van der Waals surface area (Å²) < 4.78 is 18.7. The third-order valence-corrected chi connectivity index (χ3v) is 4.16. The summed E-state index contributed by atoms with van der Waals surface area (Å²) in [6, 6.07) is 9.12. The molecule has 2 aliphatic rings. The number of fused-ring (bicyclic) bond motifs is 1. The van der Waals surface area contributed by atoms with E-state index in [2.05, 4.69) is 16.4 Å². The molecular weight excluding hydrogens is 267 g/mol. The number of nitrogens with one attached hydrogen (secondary N) is 1. The van der Waals surface area contributed by atoms with E-state index in [1.807, 2.05) is 18.3 Å². The van der Waals surface area contributed by atoms with Gasteiger partial charge in [0, 0.05) is 6.20 Å². The minimum atomic E-state index is -0.204. The van der Waals surface area contributed by atoms with Crippen molar-refractivity contribution in [2.75, 3.05) is 11.9 Å². The van der Waals surface area contributed by atoms with Crippen LogP contribution in [0.4, 0.5) is 10.1 Å². The Hall–Kier alpha value is -2.10. The number of halogens is 1. The average molecular weight is 284 g/mol. The predicted octanol–water partition coefficient (Wildman–Crippen LogP) is 3.39. The van der Waals surface area contributed by atoms with Crippen LogP contribution < -0.4 is 10.1 Å². The third kappa shape index (κ3) is 2.71. The highest BCUT2D eigenvalue weighted by molar-refractivity contribution is 5.56. The van der Waals surface area contributed by atoms with Crippen LogP contribution in [0.1, 0.15) is 24.0 Å². The molecule has 1 saturated carbocycles. The summed E-state index contributed by atoms with van der Waals surface area (Å²) in [5.74, 6) is 1.23. The van der Waals surface area contributed by atoms with Gasteiger partial charge in [0.1, 0.15) is 12.4 Å². The molecule has 1 aromatic carbocycles. The number of hydrogen-bond acceptors (Lipinski definition) is 3. The zero-order chi connectivity index (χ0) is 14.2. The fraction of sp³-hybridized carbons (Fsp3) is 0.353. The monoisotopic (exact) mass is 284 g/mol. The van der Waals surface area contributed by atoms with E-state index >= 15 is 0 Å². The summed E-state index contributed by atoms with van der Waals surface area (Å²) in [5.41, 5.74) is 3.17. The van der Waals surface area contributed by atoms with E-state index in [4.69, 9.17) is 4.74 Å². The van der Waals surface area contributed by atoms with E-state index in [9.17, 15) is 4.39 Å². The number of pyridine rings is 1. The Morgan fingerprint density at radius 1 is 1.19 bits per heavy atom. The molecule has 21 heavy (non-hydrogen) atoms. The zero-order valence-electron chi connectivity index (χ0n) is 11.7. The molecule has 1 fully saturated rings. The molecular formula is C17H17FN2O. The lowest BCUT2D eigenvalue weighted by Crippen LogP contribution is -2.33. The molecule has 3 nitrogen and oxygen atoms in total. The maximum absolute atomic E-state index is 12.9. The van der Waals surface area contributed by atoms with Crippen LogP contribution in [0.3, 0.4) is 0 Å². The second kappa shape index (κ2) is 5.02. The number of aromatic nitrogens is 1. The van der Waals surface area contributed by atoms with Gasteiger partial charge in [-0.1, -0.05) is 12.1 Å². The van der Waals surface area contributed by atoms with Crippen molar-refractivity contribution in [1.82, 2.24) is 4.98 Å². The number of rotatable bonds is 3. The van der Waals surface area contributed by atoms with Gasteiger partial charge in [0.2, 0.25) is 5.88 Å². The third-order valence-electron chi connectivity index (χ3n) is 4.16. The maximum Gasteiger partial charge on any atom is 0.237 e. The molecule has 0 amide bonds. The Kier molecular flexibility index (Phi) is 3.02. The first kappa shape index (κ1) is 12.6. The number of hydrogen-bond donors (Lipinski definition) is 1. The minimum Gasteiger partial charge on any atom is -0.474 e. The van der Waals surface area contributed by atoms with Gasteiger partial charge < -0.3 is 10.1 Å². The topological polar surface area (TPSA) is 34.2 Å². The van der Waals surface area contributed by atoms with Crippen molar-refractivity contribution in [3.63, 3.8) is 0 Å². The van der Waals surface area contributed by atoms with E-state index in [0.29, 0.717) is 18.5 Å². The first-order valence-electron chi connectivity index (χ1n) is 7.40. The summed E-state index contributed by atoms with van der Waals surface area (Å²) >= 11 is 0. The van der Waals surface area contributed by atoms with E-state index < -0.39 is 0 Å². The first-order chi connectivity index (χ1) is 10.3. The smallest absolute Gasteiger partial charge is 0.237 e. The lowest BCUT2D eigenvalue weighted by atomic mass is 10.1. The van der Waals surface area contributed by atoms with Crippen molar-refractivity contribution >= 4 is 5.69 Å². The lowest BCUT2D eigenvalue weighted by molar-refractivity contribution is 0.262. The predicted molar refractivity (Wildman–Crippen MR) is 79.1 cm³/mol. The van der Waals surface area contributed by atoms with Crippen molar-refractivity contribution in [1.29, 1.82) is 0 Å². The quantitative estimate of drug-likeness (QED) is 0.938. The molecule has 0 saturated heterocycles. The Morgan fingerprint density at radius 3 is 2.76 bits per heavy atom. The van der Waals surface area contributed by atoms with Gasteiger partial charge in [0.25, 0.3) is 0 Å². The molecule has 1 aromatic heterocycles. The number of anilines is 1. The van der Waals surface area contributed by atoms with Crippen molar-refractivity contribution < 1.29 is 9.13 Å². The molecule has 4 heteroatoms. The van der Waals surface area contributed by atoms with Crippen molar-refractivity contribution in [3.05, 3.63) is 53.5 Å². The second-order valence-electron chi connectivity index (χ2n) is 5.90. The highest BCUT2D eigenvalue weighted by Gasteiger charge is 2.34. The van der Waals surface area contributed by atoms with Crippen molar-refractivity contribution in [3.8, 4) is 5.88 Å². The van der Waals surface area contributed by atoms with E-state index in [1.165, 1.54) is 25.0 Å². The fourth-order valence-electron chi connectivity index (χ4n) is 2.81. The van der Waals surface area contributed by atoms with Crippen LogP contribution in [-0.2, 0) is 6.42 Å². The standard InChI is InChI=1S/C17H17FN2O/c18-14-5-1-11(2-6-14)7-12-8-15-17(19-9-12)21-10-16(20-15)13-3-4-13/h1-2,5-6,8-9,13,16,20H,3-4,7,10H2/t16-/m1/s1. The lowest BCUT2D eigenvalue weighted by Gasteiger charge is -2.26. The number of ether oxygens (including phenoxy) is 1. The van der Waals surface area contributed by atoms with Crippen LogP contribution in [0.2, 0.25) is 0 Å². The molecule has 0 radical (unpaired) electrons. The molecule has 1 N–H and O–H groups in total. The van der Waals surface area contributed by atoms with Gasteiger partial charge in [-0.15, -0.1) is 0 Å². The molecule has 1 atom stereocenters. The summed E-state index contributed by atoms with van der Waals surface area (Å²) in [5, 5.41) is 3.55. The van der Waals surface area contributed by atoms with Gasteiger partial charge >= 0.3 is 0 Å². The Bertz CT molecular complexity index is 652. The van der Waals surface area contributed by atoms with Gasteiger partial charge in [0.15, 0.2) is 0 Å².